The van der Waals surface area contributed by atoms with Gasteiger partial charge in [-0.2, -0.15) is 0 Å². The lowest BCUT2D eigenvalue weighted by Crippen LogP contribution is -2.57. The number of carbonyl (C=O) groups is 1. The summed E-state index contributed by atoms with van der Waals surface area (Å²) in [6.45, 7) is 3.04. The highest BCUT2D eigenvalue weighted by Gasteiger charge is 2.39. The van der Waals surface area contributed by atoms with E-state index in [1.165, 1.54) is 28.6 Å². The second-order valence-electron chi connectivity index (χ2n) is 9.36. The summed E-state index contributed by atoms with van der Waals surface area (Å²) >= 11 is 0. The van der Waals surface area contributed by atoms with E-state index in [-0.39, 0.29) is 44.1 Å². The number of sulfonamides is 1. The Balaban J connectivity index is 1.57. The van der Waals surface area contributed by atoms with Gasteiger partial charge in [-0.3, -0.25) is 14.2 Å². The van der Waals surface area contributed by atoms with Gasteiger partial charge in [-0.1, -0.05) is 6.07 Å². The zero-order valence-electron chi connectivity index (χ0n) is 23.7. The van der Waals surface area contributed by atoms with Gasteiger partial charge in [0.25, 0.3) is 0 Å². The van der Waals surface area contributed by atoms with E-state index in [4.69, 9.17) is 18.6 Å². The number of carbonyl (C=O) groups excluding carboxylic acids is 1. The lowest BCUT2D eigenvalue weighted by atomic mass is 10.2. The average Bonchev–Trinajstić information content (AvgIpc) is 3.62. The molecule has 43 heavy (non-hydrogen) atoms. The third-order valence-electron chi connectivity index (χ3n) is 6.53. The maximum Gasteiger partial charge on any atom is 0.411 e. The van der Waals surface area contributed by atoms with Crippen molar-refractivity contribution in [1.82, 2.24) is 29.6 Å². The molecule has 5 rings (SSSR count). The zero-order valence-corrected chi connectivity index (χ0v) is 24.5. The Morgan fingerprint density at radius 3 is 2.40 bits per heavy atom. The van der Waals surface area contributed by atoms with Crippen molar-refractivity contribution in [1.29, 1.82) is 0 Å². The number of anilines is 2. The van der Waals surface area contributed by atoms with Crippen LogP contribution in [0.25, 0.3) is 17.3 Å². The number of methoxy groups -OCH3 is 2. The highest BCUT2D eigenvalue weighted by molar-refractivity contribution is 7.93. The monoisotopic (exact) mass is 616 g/mol. The smallest absolute Gasteiger partial charge is 0.411 e. The Morgan fingerprint density at radius 2 is 1.79 bits per heavy atom. The van der Waals surface area contributed by atoms with Gasteiger partial charge in [-0.05, 0) is 38.1 Å². The Kier molecular flexibility index (Phi) is 8.33. The fraction of sp³-hybridized carbons (Fsp3) is 0.346. The molecule has 1 fully saturated rings. The molecular weight excluding hydrogens is 587 g/mol. The number of halogens is 1. The van der Waals surface area contributed by atoms with Gasteiger partial charge in [0.15, 0.2) is 11.6 Å². The van der Waals surface area contributed by atoms with Crippen molar-refractivity contribution in [2.75, 3.05) is 50.2 Å². The maximum atomic E-state index is 14.0. The quantitative estimate of drug-likeness (QED) is 0.293. The fourth-order valence-corrected chi connectivity index (χ4v) is 5.87. The van der Waals surface area contributed by atoms with Crippen LogP contribution in [-0.4, -0.2) is 90.0 Å². The summed E-state index contributed by atoms with van der Waals surface area (Å²) in [5.74, 6) is 0.953. The van der Waals surface area contributed by atoms with Crippen molar-refractivity contribution in [2.45, 2.75) is 19.1 Å². The van der Waals surface area contributed by atoms with Crippen LogP contribution in [0.4, 0.5) is 21.1 Å². The van der Waals surface area contributed by atoms with E-state index in [0.717, 1.165) is 12.4 Å². The van der Waals surface area contributed by atoms with E-state index < -0.39 is 27.2 Å². The van der Waals surface area contributed by atoms with Crippen LogP contribution in [0.1, 0.15) is 12.7 Å². The highest BCUT2D eigenvalue weighted by atomic mass is 32.2. The second-order valence-corrected chi connectivity index (χ2v) is 11.3. The first-order valence-corrected chi connectivity index (χ1v) is 14.6. The number of hydrogen-bond donors (Lipinski definition) is 1. The fourth-order valence-electron chi connectivity index (χ4n) is 4.57. The van der Waals surface area contributed by atoms with E-state index >= 15 is 0 Å². The molecule has 1 aliphatic rings. The first kappa shape index (κ1) is 29.6. The standard InChI is InChI=1S/C26H29FN8O7S/c1-5-41-26(36)34-14-18(13-33(15-34)24-28-11-17(27)12-29-24)43(37,38)32-25-31-30-23(21-10-9-16(2)42-21)35(25)22-19(39-3)7-6-8-20(22)40-4/h6-12,18H,5,13-15H2,1-4H3,(H,31,32)/t18-/m0/s1. The minimum Gasteiger partial charge on any atom is -0.494 e. The minimum absolute atomic E-state index is 0.0352. The topological polar surface area (TPSA) is 167 Å². The number of ether oxygens (including phenoxy) is 3. The van der Waals surface area contributed by atoms with Crippen LogP contribution in [0.3, 0.4) is 0 Å². The van der Waals surface area contributed by atoms with Crippen molar-refractivity contribution in [3.63, 3.8) is 0 Å². The van der Waals surface area contributed by atoms with Crippen LogP contribution in [0, 0.1) is 12.7 Å². The van der Waals surface area contributed by atoms with Crippen LogP contribution in [0.2, 0.25) is 0 Å². The number of amides is 1. The normalized spacial score (nSPS) is 15.3. The largest absolute Gasteiger partial charge is 0.494 e. The summed E-state index contributed by atoms with van der Waals surface area (Å²) in [5, 5.41) is 7.15. The van der Waals surface area contributed by atoms with Crippen LogP contribution in [0.15, 0.2) is 47.1 Å². The van der Waals surface area contributed by atoms with Gasteiger partial charge in [-0.25, -0.2) is 27.6 Å². The van der Waals surface area contributed by atoms with Crippen molar-refractivity contribution in [3.8, 4) is 28.8 Å². The van der Waals surface area contributed by atoms with Crippen molar-refractivity contribution in [2.24, 2.45) is 0 Å². The van der Waals surface area contributed by atoms with Gasteiger partial charge in [0.05, 0.1) is 39.9 Å². The number of aromatic nitrogens is 5. The third kappa shape index (κ3) is 6.01. The minimum atomic E-state index is -4.31. The van der Waals surface area contributed by atoms with Crippen molar-refractivity contribution < 1.29 is 36.2 Å². The molecule has 0 aliphatic carbocycles. The van der Waals surface area contributed by atoms with Crippen LogP contribution < -0.4 is 19.1 Å². The highest BCUT2D eigenvalue weighted by Crippen LogP contribution is 2.38. The summed E-state index contributed by atoms with van der Waals surface area (Å²) in [6.07, 6.45) is 1.18. The SMILES string of the molecule is CCOC(=O)N1C[C@@H](S(=O)(=O)Nc2nnc(-c3ccc(C)o3)n2-c2c(OC)cccc2OC)CN(c2ncc(F)cn2)C1. The van der Waals surface area contributed by atoms with Gasteiger partial charge >= 0.3 is 6.09 Å². The molecule has 4 heterocycles. The summed E-state index contributed by atoms with van der Waals surface area (Å²) in [7, 11) is -1.39. The van der Waals surface area contributed by atoms with Gasteiger partial charge in [0.1, 0.15) is 28.2 Å². The molecule has 1 aliphatic heterocycles. The number of benzene rings is 1. The van der Waals surface area contributed by atoms with Crippen molar-refractivity contribution in [3.05, 3.63) is 54.3 Å². The predicted octanol–water partition coefficient (Wildman–Crippen LogP) is 2.83. The Labute approximate surface area is 246 Å². The molecule has 0 spiro atoms. The first-order chi connectivity index (χ1) is 20.6. The number of para-hydroxylation sites is 1. The van der Waals surface area contributed by atoms with Crippen LogP contribution in [-0.2, 0) is 14.8 Å². The van der Waals surface area contributed by atoms with E-state index in [9.17, 15) is 17.6 Å². The lowest BCUT2D eigenvalue weighted by molar-refractivity contribution is 0.102. The van der Waals surface area contributed by atoms with Gasteiger partial charge < -0.3 is 23.5 Å². The Morgan fingerprint density at radius 1 is 1.09 bits per heavy atom. The van der Waals surface area contributed by atoms with E-state index in [1.807, 2.05) is 0 Å². The molecule has 1 N–H and O–H groups in total. The summed E-state index contributed by atoms with van der Waals surface area (Å²) in [4.78, 5) is 23.2. The molecule has 0 saturated carbocycles. The molecule has 228 valence electrons. The number of rotatable bonds is 9. The number of hydrogen-bond acceptors (Lipinski definition) is 12. The first-order valence-electron chi connectivity index (χ1n) is 13.0. The van der Waals surface area contributed by atoms with E-state index in [1.54, 1.807) is 44.2 Å². The Bertz CT molecular complexity index is 1690. The molecule has 0 radical (unpaired) electrons. The number of nitrogens with zero attached hydrogens (tertiary/aromatic N) is 7. The molecule has 1 atom stereocenters. The second kappa shape index (κ2) is 12.1. The predicted molar refractivity (Wildman–Crippen MR) is 151 cm³/mol. The molecule has 3 aromatic heterocycles. The van der Waals surface area contributed by atoms with Gasteiger partial charge in [0, 0.05) is 13.1 Å². The number of furan rings is 1. The molecule has 1 amide bonds. The molecule has 0 unspecified atom stereocenters. The summed E-state index contributed by atoms with van der Waals surface area (Å²) in [5.41, 5.74) is 0.317. The third-order valence-corrected chi connectivity index (χ3v) is 8.17. The molecule has 1 saturated heterocycles. The van der Waals surface area contributed by atoms with Crippen LogP contribution in [0.5, 0.6) is 11.5 Å². The number of aryl methyl sites for hydroxylation is 1. The summed E-state index contributed by atoms with van der Waals surface area (Å²) in [6, 6.07) is 8.47. The molecular formula is C26H29FN8O7S. The van der Waals surface area contributed by atoms with Gasteiger partial charge in [-0.15, -0.1) is 10.2 Å². The summed E-state index contributed by atoms with van der Waals surface area (Å²) < 4.78 is 67.5. The molecule has 15 nitrogen and oxygen atoms in total. The number of nitrogens with one attached hydrogen (secondary N) is 1. The molecule has 17 heteroatoms. The zero-order chi connectivity index (χ0) is 30.7. The molecule has 0 bridgehead atoms. The maximum absolute atomic E-state index is 14.0. The molecule has 4 aromatic rings. The average molecular weight is 617 g/mol. The van der Waals surface area contributed by atoms with Gasteiger partial charge in [0.2, 0.25) is 27.7 Å². The van der Waals surface area contributed by atoms with Crippen molar-refractivity contribution >= 4 is 28.0 Å². The molecule has 1 aromatic carbocycles. The lowest BCUT2D eigenvalue weighted by Gasteiger charge is -2.38. The van der Waals surface area contributed by atoms with Crippen LogP contribution >= 0.6 is 0 Å². The Hall–Kier alpha value is -4.93. The van der Waals surface area contributed by atoms with E-state index in [0.29, 0.717) is 28.7 Å². The van der Waals surface area contributed by atoms with E-state index in [2.05, 4.69) is 24.9 Å².